The molecule has 0 aliphatic carbocycles. The lowest BCUT2D eigenvalue weighted by Gasteiger charge is -2.04. The second-order valence-electron chi connectivity index (χ2n) is 4.09. The third-order valence-corrected chi connectivity index (χ3v) is 2.55. The van der Waals surface area contributed by atoms with Crippen molar-refractivity contribution in [3.05, 3.63) is 41.2 Å². The number of aromatic amines is 1. The summed E-state index contributed by atoms with van der Waals surface area (Å²) in [6, 6.07) is 7.94. The van der Waals surface area contributed by atoms with Crippen LogP contribution in [0.1, 0.15) is 17.0 Å². The van der Waals surface area contributed by atoms with E-state index >= 15 is 0 Å². The molecular weight excluding hydrogens is 230 g/mol. The van der Waals surface area contributed by atoms with Crippen LogP contribution in [0.4, 0.5) is 0 Å². The first-order chi connectivity index (χ1) is 8.74. The van der Waals surface area contributed by atoms with E-state index < -0.39 is 0 Å². The first-order valence-electron chi connectivity index (χ1n) is 5.78. The molecule has 0 atom stereocenters. The van der Waals surface area contributed by atoms with Gasteiger partial charge in [0.05, 0.1) is 6.42 Å². The summed E-state index contributed by atoms with van der Waals surface area (Å²) >= 11 is 0. The quantitative estimate of drug-likeness (QED) is 0.799. The van der Waals surface area contributed by atoms with Gasteiger partial charge < -0.3 is 5.32 Å². The topological polar surface area (TPSA) is 83.6 Å². The molecule has 1 heterocycles. The van der Waals surface area contributed by atoms with Gasteiger partial charge >= 0.3 is 0 Å². The van der Waals surface area contributed by atoms with E-state index in [0.29, 0.717) is 25.2 Å². The van der Waals surface area contributed by atoms with Crippen molar-refractivity contribution in [1.82, 2.24) is 25.9 Å². The van der Waals surface area contributed by atoms with Crippen LogP contribution >= 0.6 is 0 Å². The monoisotopic (exact) mass is 245 g/mol. The van der Waals surface area contributed by atoms with E-state index in [1.165, 1.54) is 5.56 Å². The van der Waals surface area contributed by atoms with Crippen molar-refractivity contribution in [3.63, 3.8) is 0 Å². The Morgan fingerprint density at radius 1 is 1.33 bits per heavy atom. The minimum absolute atomic E-state index is 0.00217. The fourth-order valence-corrected chi connectivity index (χ4v) is 1.56. The van der Waals surface area contributed by atoms with E-state index in [9.17, 15) is 4.79 Å². The molecule has 0 aliphatic rings. The van der Waals surface area contributed by atoms with Crippen LogP contribution in [0.5, 0.6) is 0 Å². The Kier molecular flexibility index (Phi) is 4.01. The van der Waals surface area contributed by atoms with Gasteiger partial charge in [-0.1, -0.05) is 35.0 Å². The highest BCUT2D eigenvalue weighted by Gasteiger charge is 2.04. The smallest absolute Gasteiger partial charge is 0.224 e. The fraction of sp³-hybridized carbons (Fsp3) is 0.333. The lowest BCUT2D eigenvalue weighted by atomic mass is 10.1. The van der Waals surface area contributed by atoms with E-state index in [1.54, 1.807) is 0 Å². The Hall–Kier alpha value is -2.24. The first kappa shape index (κ1) is 12.2. The summed E-state index contributed by atoms with van der Waals surface area (Å²) in [4.78, 5) is 11.7. The molecule has 0 saturated carbocycles. The molecule has 2 aromatic rings. The summed E-state index contributed by atoms with van der Waals surface area (Å²) in [5.41, 5.74) is 2.20. The van der Waals surface area contributed by atoms with Gasteiger partial charge in [-0.2, -0.15) is 5.21 Å². The van der Waals surface area contributed by atoms with Crippen molar-refractivity contribution in [2.45, 2.75) is 19.8 Å². The van der Waals surface area contributed by atoms with Crippen molar-refractivity contribution in [2.75, 3.05) is 6.54 Å². The summed E-state index contributed by atoms with van der Waals surface area (Å²) in [6.45, 7) is 2.54. The molecule has 1 aromatic carbocycles. The number of aromatic nitrogens is 4. The Morgan fingerprint density at radius 3 is 2.78 bits per heavy atom. The number of amides is 1. The van der Waals surface area contributed by atoms with E-state index in [-0.39, 0.29) is 5.91 Å². The Labute approximate surface area is 105 Å². The zero-order valence-electron chi connectivity index (χ0n) is 10.2. The van der Waals surface area contributed by atoms with E-state index in [1.807, 2.05) is 31.2 Å². The molecule has 6 nitrogen and oxygen atoms in total. The molecule has 1 aromatic heterocycles. The molecule has 0 fully saturated rings. The third kappa shape index (κ3) is 3.65. The van der Waals surface area contributed by atoms with Crippen LogP contribution < -0.4 is 5.32 Å². The van der Waals surface area contributed by atoms with Crippen LogP contribution in [0.25, 0.3) is 0 Å². The second-order valence-corrected chi connectivity index (χ2v) is 4.09. The lowest BCUT2D eigenvalue weighted by Crippen LogP contribution is -2.27. The van der Waals surface area contributed by atoms with E-state index in [2.05, 4.69) is 25.9 Å². The van der Waals surface area contributed by atoms with Crippen LogP contribution in [0, 0.1) is 6.92 Å². The van der Waals surface area contributed by atoms with Gasteiger partial charge in [-0.05, 0) is 12.5 Å². The Morgan fingerprint density at radius 2 is 2.11 bits per heavy atom. The number of H-pyrrole nitrogens is 1. The molecule has 2 rings (SSSR count). The highest BCUT2D eigenvalue weighted by molar-refractivity contribution is 5.78. The molecule has 1 amide bonds. The highest BCUT2D eigenvalue weighted by Crippen LogP contribution is 2.03. The molecule has 0 radical (unpaired) electrons. The van der Waals surface area contributed by atoms with Crippen LogP contribution in [0.3, 0.4) is 0 Å². The number of nitrogens with one attached hydrogen (secondary N) is 2. The van der Waals surface area contributed by atoms with Gasteiger partial charge in [0.15, 0.2) is 5.82 Å². The van der Waals surface area contributed by atoms with Gasteiger partial charge in [-0.15, -0.1) is 10.2 Å². The third-order valence-electron chi connectivity index (χ3n) is 2.55. The molecule has 0 aliphatic heterocycles. The van der Waals surface area contributed by atoms with Crippen molar-refractivity contribution in [1.29, 1.82) is 0 Å². The SMILES string of the molecule is Cc1ccc(CC(=O)NCCc2nn[nH]n2)cc1. The van der Waals surface area contributed by atoms with Crippen LogP contribution in [0.2, 0.25) is 0 Å². The number of hydrogen-bond donors (Lipinski definition) is 2. The molecule has 2 N–H and O–H groups in total. The van der Waals surface area contributed by atoms with Crippen molar-refractivity contribution >= 4 is 5.91 Å². The summed E-state index contributed by atoms with van der Waals surface area (Å²) in [5.74, 6) is 0.605. The maximum Gasteiger partial charge on any atom is 0.224 e. The normalized spacial score (nSPS) is 10.3. The zero-order valence-corrected chi connectivity index (χ0v) is 10.2. The zero-order chi connectivity index (χ0) is 12.8. The van der Waals surface area contributed by atoms with Crippen LogP contribution in [0.15, 0.2) is 24.3 Å². The molecule has 94 valence electrons. The molecule has 18 heavy (non-hydrogen) atoms. The summed E-state index contributed by atoms with van der Waals surface area (Å²) in [5, 5.41) is 16.3. The fourth-order valence-electron chi connectivity index (χ4n) is 1.56. The predicted molar refractivity (Wildman–Crippen MR) is 65.8 cm³/mol. The lowest BCUT2D eigenvalue weighted by molar-refractivity contribution is -0.120. The highest BCUT2D eigenvalue weighted by atomic mass is 16.1. The van der Waals surface area contributed by atoms with Crippen molar-refractivity contribution in [2.24, 2.45) is 0 Å². The van der Waals surface area contributed by atoms with E-state index in [0.717, 1.165) is 5.56 Å². The van der Waals surface area contributed by atoms with Crippen molar-refractivity contribution < 1.29 is 4.79 Å². The minimum atomic E-state index is 0.00217. The van der Waals surface area contributed by atoms with Gasteiger partial charge in [0.2, 0.25) is 5.91 Å². The number of carbonyl (C=O) groups excluding carboxylic acids is 1. The minimum Gasteiger partial charge on any atom is -0.355 e. The largest absolute Gasteiger partial charge is 0.355 e. The Bertz CT molecular complexity index is 492. The molecule has 0 bridgehead atoms. The molecule has 6 heteroatoms. The molecule has 0 spiro atoms. The van der Waals surface area contributed by atoms with Gasteiger partial charge in [-0.25, -0.2) is 0 Å². The number of nitrogens with zero attached hydrogens (tertiary/aromatic N) is 3. The number of benzene rings is 1. The van der Waals surface area contributed by atoms with Gasteiger partial charge in [0, 0.05) is 13.0 Å². The second kappa shape index (κ2) is 5.90. The van der Waals surface area contributed by atoms with Crippen LogP contribution in [-0.2, 0) is 17.6 Å². The Balaban J connectivity index is 1.73. The average molecular weight is 245 g/mol. The van der Waals surface area contributed by atoms with Gasteiger partial charge in [0.25, 0.3) is 0 Å². The summed E-state index contributed by atoms with van der Waals surface area (Å²) in [6.07, 6.45) is 0.975. The van der Waals surface area contributed by atoms with Crippen molar-refractivity contribution in [3.8, 4) is 0 Å². The number of hydrogen-bond acceptors (Lipinski definition) is 4. The maximum absolute atomic E-state index is 11.7. The van der Waals surface area contributed by atoms with E-state index in [4.69, 9.17) is 0 Å². The predicted octanol–water partition coefficient (Wildman–Crippen LogP) is 0.410. The number of tetrazole rings is 1. The van der Waals surface area contributed by atoms with Gasteiger partial charge in [0.1, 0.15) is 0 Å². The summed E-state index contributed by atoms with van der Waals surface area (Å²) in [7, 11) is 0. The number of aryl methyl sites for hydroxylation is 1. The molecule has 0 saturated heterocycles. The standard InChI is InChI=1S/C12H15N5O/c1-9-2-4-10(5-3-9)8-12(18)13-7-6-11-14-16-17-15-11/h2-5H,6-8H2,1H3,(H,13,18)(H,14,15,16,17). The molecular formula is C12H15N5O. The van der Waals surface area contributed by atoms with Crippen LogP contribution in [-0.4, -0.2) is 33.1 Å². The van der Waals surface area contributed by atoms with Gasteiger partial charge in [-0.3, -0.25) is 4.79 Å². The maximum atomic E-state index is 11.7. The summed E-state index contributed by atoms with van der Waals surface area (Å²) < 4.78 is 0. The number of carbonyl (C=O) groups is 1. The molecule has 0 unspecified atom stereocenters. The average Bonchev–Trinajstić information content (AvgIpc) is 2.85. The first-order valence-corrected chi connectivity index (χ1v) is 5.78. The number of rotatable bonds is 5.